The lowest BCUT2D eigenvalue weighted by atomic mass is 10.2. The lowest BCUT2D eigenvalue weighted by molar-refractivity contribution is 0.104. The zero-order chi connectivity index (χ0) is 12.8. The van der Waals surface area contributed by atoms with Crippen LogP contribution in [0, 0.1) is 5.82 Å². The Morgan fingerprint density at radius 3 is 2.56 bits per heavy atom. The van der Waals surface area contributed by atoms with Crippen molar-refractivity contribution in [3.8, 4) is 0 Å². The zero-order valence-corrected chi connectivity index (χ0v) is 9.97. The molecule has 0 spiro atoms. The summed E-state index contributed by atoms with van der Waals surface area (Å²) in [6.45, 7) is 1.000. The highest BCUT2D eigenvalue weighted by Gasteiger charge is 2.03. The van der Waals surface area contributed by atoms with Crippen molar-refractivity contribution in [2.75, 3.05) is 0 Å². The lowest BCUT2D eigenvalue weighted by Crippen LogP contribution is -2.06. The van der Waals surface area contributed by atoms with Crippen LogP contribution in [0.15, 0.2) is 42.6 Å². The maximum Gasteiger partial charge on any atom is 0.128 e. The number of benzene rings is 1. The van der Waals surface area contributed by atoms with Crippen molar-refractivity contribution in [1.82, 2.24) is 4.98 Å². The van der Waals surface area contributed by atoms with Crippen molar-refractivity contribution in [2.45, 2.75) is 19.8 Å². The third-order valence-corrected chi connectivity index (χ3v) is 2.65. The van der Waals surface area contributed by atoms with Crippen molar-refractivity contribution < 1.29 is 9.13 Å². The second-order valence-electron chi connectivity index (χ2n) is 3.90. The highest BCUT2D eigenvalue weighted by molar-refractivity contribution is 5.19. The molecule has 94 valence electrons. The average Bonchev–Trinajstić information content (AvgIpc) is 2.41. The molecule has 1 heterocycles. The number of hydrogen-bond donors (Lipinski definition) is 1. The molecule has 3 nitrogen and oxygen atoms in total. The van der Waals surface area contributed by atoms with Gasteiger partial charge in [-0.3, -0.25) is 4.98 Å². The van der Waals surface area contributed by atoms with Crippen LogP contribution in [0.25, 0.3) is 0 Å². The van der Waals surface area contributed by atoms with Gasteiger partial charge in [-0.2, -0.15) is 0 Å². The van der Waals surface area contributed by atoms with Crippen molar-refractivity contribution in [2.24, 2.45) is 5.73 Å². The van der Waals surface area contributed by atoms with Crippen LogP contribution >= 0.6 is 0 Å². The van der Waals surface area contributed by atoms with E-state index in [0.29, 0.717) is 18.7 Å². The van der Waals surface area contributed by atoms with E-state index in [2.05, 4.69) is 4.98 Å². The monoisotopic (exact) mass is 246 g/mol. The fraction of sp³-hybridized carbons (Fsp3) is 0.214. The molecule has 2 rings (SSSR count). The molecule has 0 aliphatic heterocycles. The van der Waals surface area contributed by atoms with E-state index in [1.54, 1.807) is 24.4 Å². The molecule has 0 aliphatic rings. The Kier molecular flexibility index (Phi) is 4.39. The van der Waals surface area contributed by atoms with Gasteiger partial charge in [-0.1, -0.05) is 24.3 Å². The van der Waals surface area contributed by atoms with Crippen LogP contribution in [-0.2, 0) is 24.5 Å². The molecule has 0 saturated carbocycles. The summed E-state index contributed by atoms with van der Waals surface area (Å²) in [6, 6.07) is 10.3. The summed E-state index contributed by atoms with van der Waals surface area (Å²) in [4.78, 5) is 4.16. The number of rotatable bonds is 5. The Hall–Kier alpha value is -1.78. The molecule has 0 atom stereocenters. The second kappa shape index (κ2) is 6.23. The van der Waals surface area contributed by atoms with E-state index in [-0.39, 0.29) is 12.4 Å². The van der Waals surface area contributed by atoms with Gasteiger partial charge in [-0.15, -0.1) is 0 Å². The van der Waals surface area contributed by atoms with Crippen molar-refractivity contribution in [3.63, 3.8) is 0 Å². The fourth-order valence-electron chi connectivity index (χ4n) is 1.67. The summed E-state index contributed by atoms with van der Waals surface area (Å²) in [6.07, 6.45) is 1.70. The molecule has 2 aromatic rings. The summed E-state index contributed by atoms with van der Waals surface area (Å²) < 4.78 is 18.8. The number of ether oxygens (including phenoxy) is 1. The number of nitrogens with zero attached hydrogens (tertiary/aromatic N) is 1. The van der Waals surface area contributed by atoms with E-state index in [9.17, 15) is 4.39 Å². The minimum absolute atomic E-state index is 0.242. The Labute approximate surface area is 105 Å². The predicted octanol–water partition coefficient (Wildman–Crippen LogP) is 2.40. The van der Waals surface area contributed by atoms with Crippen LogP contribution in [0.2, 0.25) is 0 Å². The molecule has 1 aromatic heterocycles. The van der Waals surface area contributed by atoms with E-state index >= 15 is 0 Å². The van der Waals surface area contributed by atoms with Gasteiger partial charge >= 0.3 is 0 Å². The highest BCUT2D eigenvalue weighted by Crippen LogP contribution is 2.11. The summed E-state index contributed by atoms with van der Waals surface area (Å²) in [5.41, 5.74) is 7.88. The van der Waals surface area contributed by atoms with Gasteiger partial charge in [-0.05, 0) is 12.1 Å². The number of nitrogens with two attached hydrogens (primary N) is 1. The molecular weight excluding hydrogens is 231 g/mol. The van der Waals surface area contributed by atoms with Crippen LogP contribution < -0.4 is 5.73 Å². The molecule has 4 heteroatoms. The van der Waals surface area contributed by atoms with Crippen molar-refractivity contribution >= 4 is 0 Å². The van der Waals surface area contributed by atoms with E-state index in [1.807, 2.05) is 12.1 Å². The standard InChI is InChI=1S/C14H15FN2O/c15-13-6-2-1-4-11(13)9-18-10-12-5-3-7-17-14(12)8-16/h1-7H,8-10,16H2. The first-order valence-corrected chi connectivity index (χ1v) is 5.75. The molecule has 1 aromatic carbocycles. The summed E-state index contributed by atoms with van der Waals surface area (Å²) in [5.74, 6) is -0.247. The Morgan fingerprint density at radius 1 is 1.06 bits per heavy atom. The van der Waals surface area contributed by atoms with Gasteiger partial charge in [0, 0.05) is 23.9 Å². The third-order valence-electron chi connectivity index (χ3n) is 2.65. The fourth-order valence-corrected chi connectivity index (χ4v) is 1.67. The maximum absolute atomic E-state index is 13.3. The van der Waals surface area contributed by atoms with Crippen LogP contribution in [0.5, 0.6) is 0 Å². The first kappa shape index (κ1) is 12.7. The molecule has 2 N–H and O–H groups in total. The molecule has 0 fully saturated rings. The number of pyridine rings is 1. The lowest BCUT2D eigenvalue weighted by Gasteiger charge is -2.08. The highest BCUT2D eigenvalue weighted by atomic mass is 19.1. The Balaban J connectivity index is 1.95. The van der Waals surface area contributed by atoms with E-state index in [4.69, 9.17) is 10.5 Å². The first-order valence-electron chi connectivity index (χ1n) is 5.75. The molecule has 0 bridgehead atoms. The van der Waals surface area contributed by atoms with Gasteiger partial charge in [-0.25, -0.2) is 4.39 Å². The molecule has 18 heavy (non-hydrogen) atoms. The summed E-state index contributed by atoms with van der Waals surface area (Å²) in [7, 11) is 0. The molecule has 0 saturated heterocycles. The Bertz CT molecular complexity index is 517. The molecule has 0 unspecified atom stereocenters. The van der Waals surface area contributed by atoms with Gasteiger partial charge in [0.25, 0.3) is 0 Å². The molecular formula is C14H15FN2O. The third kappa shape index (κ3) is 3.12. The molecule has 0 amide bonds. The normalized spacial score (nSPS) is 10.6. The first-order chi connectivity index (χ1) is 8.81. The van der Waals surface area contributed by atoms with E-state index in [1.165, 1.54) is 6.07 Å². The quantitative estimate of drug-likeness (QED) is 0.881. The maximum atomic E-state index is 13.3. The van der Waals surface area contributed by atoms with Gasteiger partial charge in [0.2, 0.25) is 0 Å². The van der Waals surface area contributed by atoms with Crippen molar-refractivity contribution in [1.29, 1.82) is 0 Å². The summed E-state index contributed by atoms with van der Waals surface area (Å²) >= 11 is 0. The summed E-state index contributed by atoms with van der Waals surface area (Å²) in [5, 5.41) is 0. The van der Waals surface area contributed by atoms with Gasteiger partial charge in [0.1, 0.15) is 5.82 Å². The predicted molar refractivity (Wildman–Crippen MR) is 67.0 cm³/mol. The average molecular weight is 246 g/mol. The Morgan fingerprint density at radius 2 is 1.78 bits per heavy atom. The van der Waals surface area contributed by atoms with Gasteiger partial charge < -0.3 is 10.5 Å². The molecule has 0 aliphatic carbocycles. The SMILES string of the molecule is NCc1ncccc1COCc1ccccc1F. The van der Waals surface area contributed by atoms with E-state index < -0.39 is 0 Å². The van der Waals surface area contributed by atoms with Crippen molar-refractivity contribution in [3.05, 3.63) is 65.2 Å². The van der Waals surface area contributed by atoms with Crippen LogP contribution in [0.1, 0.15) is 16.8 Å². The van der Waals surface area contributed by atoms with Gasteiger partial charge in [0.15, 0.2) is 0 Å². The van der Waals surface area contributed by atoms with Crippen LogP contribution in [0.4, 0.5) is 4.39 Å². The largest absolute Gasteiger partial charge is 0.372 e. The smallest absolute Gasteiger partial charge is 0.128 e. The van der Waals surface area contributed by atoms with Crippen LogP contribution in [0.3, 0.4) is 0 Å². The zero-order valence-electron chi connectivity index (χ0n) is 9.97. The number of aromatic nitrogens is 1. The van der Waals surface area contributed by atoms with E-state index in [0.717, 1.165) is 11.3 Å². The number of halogens is 1. The van der Waals surface area contributed by atoms with Crippen LogP contribution in [-0.4, -0.2) is 4.98 Å². The number of hydrogen-bond acceptors (Lipinski definition) is 3. The minimum atomic E-state index is -0.247. The van der Waals surface area contributed by atoms with Gasteiger partial charge in [0.05, 0.1) is 18.9 Å². The topological polar surface area (TPSA) is 48.1 Å². The molecule has 0 radical (unpaired) electrons. The minimum Gasteiger partial charge on any atom is -0.372 e. The second-order valence-corrected chi connectivity index (χ2v) is 3.90.